The zero-order chi connectivity index (χ0) is 15.9. The van der Waals surface area contributed by atoms with Gasteiger partial charge in [-0.25, -0.2) is 4.68 Å². The van der Waals surface area contributed by atoms with Gasteiger partial charge in [-0.2, -0.15) is 5.10 Å². The Morgan fingerprint density at radius 1 is 1.36 bits per heavy atom. The molecule has 22 heavy (non-hydrogen) atoms. The Kier molecular flexibility index (Phi) is 5.55. The van der Waals surface area contributed by atoms with Crippen molar-refractivity contribution in [3.8, 4) is 11.4 Å². The van der Waals surface area contributed by atoms with Gasteiger partial charge in [-0.1, -0.05) is 6.92 Å². The first kappa shape index (κ1) is 16.0. The molecule has 0 radical (unpaired) electrons. The molecule has 0 saturated carbocycles. The summed E-state index contributed by atoms with van der Waals surface area (Å²) < 4.78 is 6.74. The molecular weight excluding hydrogens is 282 g/mol. The van der Waals surface area contributed by atoms with Crippen molar-refractivity contribution in [2.45, 2.75) is 25.9 Å². The van der Waals surface area contributed by atoms with Crippen LogP contribution in [0.1, 0.15) is 30.3 Å². The first-order valence-electron chi connectivity index (χ1n) is 7.30. The molecule has 1 unspecified atom stereocenters. The average molecular weight is 303 g/mol. The number of carbonyl (C=O) groups is 1. The van der Waals surface area contributed by atoms with Crippen molar-refractivity contribution in [1.82, 2.24) is 15.1 Å². The summed E-state index contributed by atoms with van der Waals surface area (Å²) in [5.74, 6) is 0.527. The SMILES string of the molecule is CCC(O)CCNC(=O)c1ccn(-c2ccc(OC)cc2)n1. The number of amides is 1. The zero-order valence-electron chi connectivity index (χ0n) is 12.8. The molecule has 1 amide bonds. The highest BCUT2D eigenvalue weighted by atomic mass is 16.5. The molecule has 0 aliphatic heterocycles. The predicted molar refractivity (Wildman–Crippen MR) is 83.4 cm³/mol. The monoisotopic (exact) mass is 303 g/mol. The van der Waals surface area contributed by atoms with Gasteiger partial charge in [0.05, 0.1) is 18.9 Å². The van der Waals surface area contributed by atoms with Crippen LogP contribution in [0.15, 0.2) is 36.5 Å². The van der Waals surface area contributed by atoms with E-state index in [4.69, 9.17) is 4.74 Å². The maximum absolute atomic E-state index is 12.0. The van der Waals surface area contributed by atoms with Gasteiger partial charge in [-0.3, -0.25) is 4.79 Å². The van der Waals surface area contributed by atoms with E-state index in [0.29, 0.717) is 25.1 Å². The Morgan fingerprint density at radius 2 is 2.09 bits per heavy atom. The molecule has 1 aromatic carbocycles. The van der Waals surface area contributed by atoms with Gasteiger partial charge in [0.15, 0.2) is 5.69 Å². The molecule has 2 N–H and O–H groups in total. The van der Waals surface area contributed by atoms with Crippen LogP contribution in [-0.2, 0) is 0 Å². The van der Waals surface area contributed by atoms with Crippen molar-refractivity contribution in [2.24, 2.45) is 0 Å². The highest BCUT2D eigenvalue weighted by Gasteiger charge is 2.10. The number of methoxy groups -OCH3 is 1. The summed E-state index contributed by atoms with van der Waals surface area (Å²) in [7, 11) is 1.61. The summed E-state index contributed by atoms with van der Waals surface area (Å²) in [6.07, 6.45) is 2.58. The molecule has 6 heteroatoms. The number of aliphatic hydroxyl groups excluding tert-OH is 1. The maximum Gasteiger partial charge on any atom is 0.271 e. The van der Waals surface area contributed by atoms with Gasteiger partial charge in [-0.05, 0) is 43.2 Å². The number of benzene rings is 1. The van der Waals surface area contributed by atoms with Gasteiger partial charge in [0.25, 0.3) is 5.91 Å². The summed E-state index contributed by atoms with van der Waals surface area (Å²) >= 11 is 0. The number of nitrogens with zero attached hydrogens (tertiary/aromatic N) is 2. The van der Waals surface area contributed by atoms with E-state index >= 15 is 0 Å². The number of aliphatic hydroxyl groups is 1. The molecule has 2 rings (SSSR count). The molecule has 0 spiro atoms. The normalized spacial score (nSPS) is 12.0. The largest absolute Gasteiger partial charge is 0.497 e. The van der Waals surface area contributed by atoms with Crippen molar-refractivity contribution in [1.29, 1.82) is 0 Å². The summed E-state index contributed by atoms with van der Waals surface area (Å²) in [6, 6.07) is 9.07. The summed E-state index contributed by atoms with van der Waals surface area (Å²) in [4.78, 5) is 12.0. The van der Waals surface area contributed by atoms with Gasteiger partial charge < -0.3 is 15.2 Å². The quantitative estimate of drug-likeness (QED) is 0.817. The number of hydrogen-bond donors (Lipinski definition) is 2. The standard InChI is InChI=1S/C16H21N3O3/c1-3-13(20)8-10-17-16(21)15-9-11-19(18-15)12-4-6-14(22-2)7-5-12/h4-7,9,11,13,20H,3,8,10H2,1-2H3,(H,17,21). The summed E-state index contributed by atoms with van der Waals surface area (Å²) in [5.41, 5.74) is 1.20. The van der Waals surface area contributed by atoms with Crippen LogP contribution >= 0.6 is 0 Å². The predicted octanol–water partition coefficient (Wildman–Crippen LogP) is 1.77. The van der Waals surface area contributed by atoms with Gasteiger partial charge in [0.2, 0.25) is 0 Å². The highest BCUT2D eigenvalue weighted by Crippen LogP contribution is 2.14. The van der Waals surface area contributed by atoms with Crippen LogP contribution in [0.5, 0.6) is 5.75 Å². The van der Waals surface area contributed by atoms with Crippen molar-refractivity contribution < 1.29 is 14.6 Å². The summed E-state index contributed by atoms with van der Waals surface area (Å²) in [6.45, 7) is 2.34. The Balaban J connectivity index is 1.96. The molecule has 0 saturated heterocycles. The van der Waals surface area contributed by atoms with E-state index in [-0.39, 0.29) is 12.0 Å². The van der Waals surface area contributed by atoms with Crippen LogP contribution in [0, 0.1) is 0 Å². The second kappa shape index (κ2) is 7.61. The van der Waals surface area contributed by atoms with E-state index in [1.54, 1.807) is 24.1 Å². The van der Waals surface area contributed by atoms with E-state index < -0.39 is 0 Å². The molecule has 1 atom stereocenters. The first-order valence-corrected chi connectivity index (χ1v) is 7.30. The lowest BCUT2D eigenvalue weighted by atomic mass is 10.2. The fourth-order valence-electron chi connectivity index (χ4n) is 1.97. The van der Waals surface area contributed by atoms with Crippen molar-refractivity contribution >= 4 is 5.91 Å². The van der Waals surface area contributed by atoms with Gasteiger partial charge >= 0.3 is 0 Å². The molecule has 6 nitrogen and oxygen atoms in total. The third-order valence-electron chi connectivity index (χ3n) is 3.39. The van der Waals surface area contributed by atoms with E-state index in [0.717, 1.165) is 11.4 Å². The second-order valence-corrected chi connectivity index (χ2v) is 4.95. The number of rotatable bonds is 7. The van der Waals surface area contributed by atoms with Gasteiger partial charge in [-0.15, -0.1) is 0 Å². The van der Waals surface area contributed by atoms with Crippen molar-refractivity contribution in [2.75, 3.05) is 13.7 Å². The molecule has 0 fully saturated rings. The fourth-order valence-corrected chi connectivity index (χ4v) is 1.97. The Bertz CT molecular complexity index is 607. The fraction of sp³-hybridized carbons (Fsp3) is 0.375. The molecule has 0 bridgehead atoms. The van der Waals surface area contributed by atoms with Crippen LogP contribution in [0.4, 0.5) is 0 Å². The Labute approximate surface area is 129 Å². The lowest BCUT2D eigenvalue weighted by Gasteiger charge is -2.07. The lowest BCUT2D eigenvalue weighted by Crippen LogP contribution is -2.27. The van der Waals surface area contributed by atoms with Crippen LogP contribution < -0.4 is 10.1 Å². The van der Waals surface area contributed by atoms with Gasteiger partial charge in [0.1, 0.15) is 5.75 Å². The van der Waals surface area contributed by atoms with E-state index in [9.17, 15) is 9.90 Å². The number of nitrogens with one attached hydrogen (secondary N) is 1. The van der Waals surface area contributed by atoms with Crippen LogP contribution in [0.2, 0.25) is 0 Å². The molecule has 1 aromatic heterocycles. The number of carbonyl (C=O) groups excluding carboxylic acids is 1. The smallest absolute Gasteiger partial charge is 0.271 e. The van der Waals surface area contributed by atoms with Crippen LogP contribution in [-0.4, -0.2) is 40.6 Å². The second-order valence-electron chi connectivity index (χ2n) is 4.95. The Hall–Kier alpha value is -2.34. The maximum atomic E-state index is 12.0. The summed E-state index contributed by atoms with van der Waals surface area (Å²) in [5, 5.41) is 16.5. The molecule has 0 aliphatic rings. The molecule has 1 heterocycles. The Morgan fingerprint density at radius 3 is 2.73 bits per heavy atom. The van der Waals surface area contributed by atoms with E-state index in [1.807, 2.05) is 31.2 Å². The van der Waals surface area contributed by atoms with E-state index in [2.05, 4.69) is 10.4 Å². The number of hydrogen-bond acceptors (Lipinski definition) is 4. The number of ether oxygens (including phenoxy) is 1. The van der Waals surface area contributed by atoms with Crippen LogP contribution in [0.25, 0.3) is 5.69 Å². The minimum Gasteiger partial charge on any atom is -0.497 e. The third-order valence-corrected chi connectivity index (χ3v) is 3.39. The van der Waals surface area contributed by atoms with Gasteiger partial charge in [0, 0.05) is 12.7 Å². The van der Waals surface area contributed by atoms with Crippen LogP contribution in [0.3, 0.4) is 0 Å². The molecule has 118 valence electrons. The van der Waals surface area contributed by atoms with Crippen molar-refractivity contribution in [3.05, 3.63) is 42.2 Å². The lowest BCUT2D eigenvalue weighted by molar-refractivity contribution is 0.0936. The molecule has 2 aromatic rings. The number of aromatic nitrogens is 2. The van der Waals surface area contributed by atoms with E-state index in [1.165, 1.54) is 0 Å². The highest BCUT2D eigenvalue weighted by molar-refractivity contribution is 5.92. The zero-order valence-corrected chi connectivity index (χ0v) is 12.8. The average Bonchev–Trinajstić information content (AvgIpc) is 3.04. The molecule has 0 aliphatic carbocycles. The topological polar surface area (TPSA) is 76.4 Å². The molecular formula is C16H21N3O3. The third kappa shape index (κ3) is 4.08. The van der Waals surface area contributed by atoms with Crippen molar-refractivity contribution in [3.63, 3.8) is 0 Å². The minimum atomic E-state index is -0.378. The first-order chi connectivity index (χ1) is 10.6. The minimum absolute atomic E-state index is 0.240.